The minimum Gasteiger partial charge on any atom is -0.349 e. The molecular weight excluding hydrogens is 359 g/mol. The van der Waals surface area contributed by atoms with Gasteiger partial charge in [-0.3, -0.25) is 4.79 Å². The summed E-state index contributed by atoms with van der Waals surface area (Å²) in [5.74, 6) is 0.0807. The van der Waals surface area contributed by atoms with Crippen molar-refractivity contribution in [3.05, 3.63) is 19.9 Å². The standard InChI is InChI=1S/C13H19IN2OS/c1-9(2)16-5-3-11(4-6-16)15-13(17)10-7-12(14)18-8-10/h7-9,11H,3-6H2,1-2H3,(H,15,17). The zero-order chi connectivity index (χ0) is 13.1. The maximum atomic E-state index is 12.0. The number of carbonyl (C=O) groups is 1. The second-order valence-corrected chi connectivity index (χ2v) is 7.82. The summed E-state index contributed by atoms with van der Waals surface area (Å²) in [5, 5.41) is 5.08. The average Bonchev–Trinajstić information content (AvgIpc) is 2.76. The molecule has 1 N–H and O–H groups in total. The molecule has 0 spiro atoms. The first-order valence-corrected chi connectivity index (χ1v) is 8.31. The van der Waals surface area contributed by atoms with Crippen LogP contribution in [-0.4, -0.2) is 36.0 Å². The van der Waals surface area contributed by atoms with Gasteiger partial charge in [0.2, 0.25) is 0 Å². The quantitative estimate of drug-likeness (QED) is 0.821. The second kappa shape index (κ2) is 6.34. The van der Waals surface area contributed by atoms with Gasteiger partial charge in [-0.15, -0.1) is 11.3 Å². The summed E-state index contributed by atoms with van der Waals surface area (Å²) < 4.78 is 1.16. The van der Waals surface area contributed by atoms with E-state index in [1.807, 2.05) is 11.4 Å². The first-order chi connectivity index (χ1) is 8.56. The third-order valence-corrected chi connectivity index (χ3v) is 5.21. The first-order valence-electron chi connectivity index (χ1n) is 6.35. The predicted octanol–water partition coefficient (Wildman–Crippen LogP) is 2.96. The Balaban J connectivity index is 1.83. The monoisotopic (exact) mass is 378 g/mol. The highest BCUT2D eigenvalue weighted by molar-refractivity contribution is 14.1. The van der Waals surface area contributed by atoms with Gasteiger partial charge in [0.05, 0.1) is 8.45 Å². The minimum absolute atomic E-state index is 0.0807. The fourth-order valence-corrected chi connectivity index (χ4v) is 3.58. The molecule has 0 aromatic carbocycles. The number of hydrogen-bond donors (Lipinski definition) is 1. The van der Waals surface area contributed by atoms with Crippen LogP contribution >= 0.6 is 33.9 Å². The Morgan fingerprint density at radius 3 is 2.67 bits per heavy atom. The molecule has 1 aliphatic heterocycles. The Morgan fingerprint density at radius 1 is 1.50 bits per heavy atom. The fourth-order valence-electron chi connectivity index (χ4n) is 2.26. The summed E-state index contributed by atoms with van der Waals surface area (Å²) in [6, 6.07) is 2.90. The largest absolute Gasteiger partial charge is 0.349 e. The molecule has 5 heteroatoms. The Kier molecular flexibility index (Phi) is 5.03. The third-order valence-electron chi connectivity index (χ3n) is 3.42. The summed E-state index contributed by atoms with van der Waals surface area (Å²) in [4.78, 5) is 14.5. The number of nitrogens with one attached hydrogen (secondary N) is 1. The van der Waals surface area contributed by atoms with Crippen molar-refractivity contribution in [2.75, 3.05) is 13.1 Å². The van der Waals surface area contributed by atoms with Crippen LogP contribution in [0.2, 0.25) is 0 Å². The van der Waals surface area contributed by atoms with Gasteiger partial charge in [0.1, 0.15) is 0 Å². The van der Waals surface area contributed by atoms with Crippen molar-refractivity contribution in [3.8, 4) is 0 Å². The highest BCUT2D eigenvalue weighted by Gasteiger charge is 2.22. The van der Waals surface area contributed by atoms with E-state index in [2.05, 4.69) is 46.7 Å². The predicted molar refractivity (Wildman–Crippen MR) is 84.2 cm³/mol. The SMILES string of the molecule is CC(C)N1CCC(NC(=O)c2csc(I)c2)CC1. The fraction of sp³-hybridized carbons (Fsp3) is 0.615. The van der Waals surface area contributed by atoms with Gasteiger partial charge in [-0.25, -0.2) is 0 Å². The van der Waals surface area contributed by atoms with Crippen LogP contribution in [0.4, 0.5) is 0 Å². The lowest BCUT2D eigenvalue weighted by molar-refractivity contribution is 0.0901. The summed E-state index contributed by atoms with van der Waals surface area (Å²) in [7, 11) is 0. The summed E-state index contributed by atoms with van der Waals surface area (Å²) in [6.45, 7) is 6.63. The zero-order valence-corrected chi connectivity index (χ0v) is 13.8. The van der Waals surface area contributed by atoms with Crippen molar-refractivity contribution in [1.82, 2.24) is 10.2 Å². The third kappa shape index (κ3) is 3.68. The molecule has 0 bridgehead atoms. The molecule has 1 aliphatic rings. The lowest BCUT2D eigenvalue weighted by atomic mass is 10.0. The van der Waals surface area contributed by atoms with Gasteiger partial charge in [0, 0.05) is 30.6 Å². The minimum atomic E-state index is 0.0807. The second-order valence-electron chi connectivity index (χ2n) is 5.02. The molecule has 1 aromatic heterocycles. The molecule has 2 heterocycles. The van der Waals surface area contributed by atoms with Crippen LogP contribution in [0.15, 0.2) is 11.4 Å². The molecule has 0 radical (unpaired) electrons. The van der Waals surface area contributed by atoms with Gasteiger partial charge in [-0.1, -0.05) is 0 Å². The average molecular weight is 378 g/mol. The molecule has 100 valence electrons. The van der Waals surface area contributed by atoms with Crippen LogP contribution in [0.25, 0.3) is 0 Å². The van der Waals surface area contributed by atoms with E-state index in [0.29, 0.717) is 12.1 Å². The number of amides is 1. The maximum absolute atomic E-state index is 12.0. The lowest BCUT2D eigenvalue weighted by Gasteiger charge is -2.34. The molecule has 0 unspecified atom stereocenters. The maximum Gasteiger partial charge on any atom is 0.252 e. The Hall–Kier alpha value is -0.140. The van der Waals surface area contributed by atoms with E-state index >= 15 is 0 Å². The molecule has 1 amide bonds. The number of nitrogens with zero attached hydrogens (tertiary/aromatic N) is 1. The smallest absolute Gasteiger partial charge is 0.252 e. The summed E-state index contributed by atoms with van der Waals surface area (Å²) in [5.41, 5.74) is 0.802. The van der Waals surface area contributed by atoms with Crippen molar-refractivity contribution < 1.29 is 4.79 Å². The van der Waals surface area contributed by atoms with E-state index in [9.17, 15) is 4.79 Å². The number of carbonyl (C=O) groups excluding carboxylic acids is 1. The van der Waals surface area contributed by atoms with E-state index in [4.69, 9.17) is 0 Å². The molecule has 0 atom stereocenters. The molecule has 18 heavy (non-hydrogen) atoms. The molecule has 0 saturated carbocycles. The molecule has 0 aliphatic carbocycles. The molecule has 1 aromatic rings. The van der Waals surface area contributed by atoms with Crippen LogP contribution in [0.5, 0.6) is 0 Å². The van der Waals surface area contributed by atoms with Gasteiger partial charge in [-0.2, -0.15) is 0 Å². The number of rotatable bonds is 3. The molecular formula is C13H19IN2OS. The molecule has 1 saturated heterocycles. The number of likely N-dealkylation sites (tertiary alicyclic amines) is 1. The highest BCUT2D eigenvalue weighted by Crippen LogP contribution is 2.18. The Labute approximate surface area is 126 Å². The highest BCUT2D eigenvalue weighted by atomic mass is 127. The number of hydrogen-bond acceptors (Lipinski definition) is 3. The molecule has 1 fully saturated rings. The van der Waals surface area contributed by atoms with E-state index in [1.54, 1.807) is 11.3 Å². The van der Waals surface area contributed by atoms with Crippen molar-refractivity contribution in [2.24, 2.45) is 0 Å². The van der Waals surface area contributed by atoms with Crippen molar-refractivity contribution in [1.29, 1.82) is 0 Å². The topological polar surface area (TPSA) is 32.3 Å². The van der Waals surface area contributed by atoms with Gasteiger partial charge >= 0.3 is 0 Å². The zero-order valence-electron chi connectivity index (χ0n) is 10.8. The van der Waals surface area contributed by atoms with Crippen molar-refractivity contribution in [3.63, 3.8) is 0 Å². The van der Waals surface area contributed by atoms with Crippen molar-refractivity contribution >= 4 is 39.8 Å². The van der Waals surface area contributed by atoms with E-state index in [0.717, 1.165) is 34.4 Å². The van der Waals surface area contributed by atoms with Crippen molar-refractivity contribution in [2.45, 2.75) is 38.8 Å². The van der Waals surface area contributed by atoms with E-state index in [-0.39, 0.29) is 5.91 Å². The van der Waals surface area contributed by atoms with E-state index < -0.39 is 0 Å². The van der Waals surface area contributed by atoms with Crippen LogP contribution in [-0.2, 0) is 0 Å². The first kappa shape index (κ1) is 14.3. The van der Waals surface area contributed by atoms with Crippen LogP contribution in [0, 0.1) is 2.88 Å². The number of piperidine rings is 1. The van der Waals surface area contributed by atoms with Crippen LogP contribution in [0.1, 0.15) is 37.0 Å². The van der Waals surface area contributed by atoms with E-state index in [1.165, 1.54) is 0 Å². The lowest BCUT2D eigenvalue weighted by Crippen LogP contribution is -2.46. The van der Waals surface area contributed by atoms with Gasteiger partial charge in [-0.05, 0) is 55.3 Å². The number of thiophene rings is 1. The molecule has 3 nitrogen and oxygen atoms in total. The van der Waals surface area contributed by atoms with Gasteiger partial charge < -0.3 is 10.2 Å². The van der Waals surface area contributed by atoms with Crippen LogP contribution in [0.3, 0.4) is 0 Å². The van der Waals surface area contributed by atoms with Crippen LogP contribution < -0.4 is 5.32 Å². The number of halogens is 1. The summed E-state index contributed by atoms with van der Waals surface area (Å²) >= 11 is 3.86. The normalized spacial score (nSPS) is 18.2. The van der Waals surface area contributed by atoms with Gasteiger partial charge in [0.15, 0.2) is 0 Å². The summed E-state index contributed by atoms with van der Waals surface area (Å²) in [6.07, 6.45) is 2.12. The molecule has 2 rings (SSSR count). The Morgan fingerprint density at radius 2 is 2.17 bits per heavy atom. The van der Waals surface area contributed by atoms with Gasteiger partial charge in [0.25, 0.3) is 5.91 Å². The Bertz CT molecular complexity index is 411.